The number of benzene rings is 1. The van der Waals surface area contributed by atoms with Crippen LogP contribution in [0, 0.1) is 6.92 Å². The van der Waals surface area contributed by atoms with E-state index in [0.29, 0.717) is 58.6 Å². The van der Waals surface area contributed by atoms with Gasteiger partial charge in [-0.15, -0.1) is 0 Å². The van der Waals surface area contributed by atoms with Crippen molar-refractivity contribution >= 4 is 11.6 Å². The molecule has 5 heteroatoms. The lowest BCUT2D eigenvalue weighted by Crippen LogP contribution is -2.36. The summed E-state index contributed by atoms with van der Waals surface area (Å²) in [4.78, 5) is 25.0. The van der Waals surface area contributed by atoms with Gasteiger partial charge in [-0.2, -0.15) is 0 Å². The van der Waals surface area contributed by atoms with Crippen molar-refractivity contribution < 1.29 is 24.2 Å². The molecular weight excluding hydrogens is 296 g/mol. The first kappa shape index (κ1) is 14.4. The number of carbonyl (C=O) groups excluding carboxylic acids is 2. The molecule has 0 amide bonds. The van der Waals surface area contributed by atoms with E-state index in [0.717, 1.165) is 0 Å². The third kappa shape index (κ3) is 1.81. The van der Waals surface area contributed by atoms with E-state index in [1.807, 2.05) is 0 Å². The standard InChI is InChI=1S/C18H16O5/c1-9-7-12-15(20)16(21)14-10-3-2-6-18(22,8-19)13(10)5-4-11(14)17(12)23-9/h4-5,7,19,22H,2-3,6,8H2,1H3/t18-/m1/s1. The molecule has 1 aromatic carbocycles. The molecule has 2 aliphatic carbocycles. The number of ketones is 2. The Morgan fingerprint density at radius 2 is 2.00 bits per heavy atom. The van der Waals surface area contributed by atoms with Gasteiger partial charge in [0, 0.05) is 11.1 Å². The molecule has 0 saturated carbocycles. The van der Waals surface area contributed by atoms with Crippen molar-refractivity contribution in [1.29, 1.82) is 0 Å². The summed E-state index contributed by atoms with van der Waals surface area (Å²) >= 11 is 0. The van der Waals surface area contributed by atoms with Gasteiger partial charge in [0.1, 0.15) is 17.1 Å². The van der Waals surface area contributed by atoms with Crippen molar-refractivity contribution in [3.8, 4) is 11.3 Å². The van der Waals surface area contributed by atoms with Crippen LogP contribution < -0.4 is 0 Å². The highest BCUT2D eigenvalue weighted by Crippen LogP contribution is 2.43. The van der Waals surface area contributed by atoms with E-state index >= 15 is 0 Å². The largest absolute Gasteiger partial charge is 0.461 e. The SMILES string of the molecule is Cc1cc2c(o1)-c1ccc3c(c1C(=O)C2=O)CCC[C@@]3(O)CO. The highest BCUT2D eigenvalue weighted by Gasteiger charge is 2.41. The van der Waals surface area contributed by atoms with Crippen LogP contribution in [0.5, 0.6) is 0 Å². The second-order valence-corrected chi connectivity index (χ2v) is 6.32. The summed E-state index contributed by atoms with van der Waals surface area (Å²) < 4.78 is 5.64. The molecule has 4 rings (SSSR count). The van der Waals surface area contributed by atoms with Gasteiger partial charge < -0.3 is 14.6 Å². The predicted molar refractivity (Wildman–Crippen MR) is 81.5 cm³/mol. The molecule has 0 fully saturated rings. The number of furan rings is 1. The number of carbonyl (C=O) groups is 2. The predicted octanol–water partition coefficient (Wildman–Crippen LogP) is 2.15. The number of aliphatic hydroxyl groups excluding tert-OH is 1. The minimum Gasteiger partial charge on any atom is -0.461 e. The third-order valence-corrected chi connectivity index (χ3v) is 4.87. The van der Waals surface area contributed by atoms with Crippen molar-refractivity contribution in [3.05, 3.63) is 46.2 Å². The van der Waals surface area contributed by atoms with Crippen LogP contribution in [0.3, 0.4) is 0 Å². The molecular formula is C18H16O5. The number of aliphatic hydroxyl groups is 2. The fourth-order valence-corrected chi connectivity index (χ4v) is 3.77. The molecule has 1 aromatic heterocycles. The third-order valence-electron chi connectivity index (χ3n) is 4.87. The van der Waals surface area contributed by atoms with Crippen molar-refractivity contribution in [3.63, 3.8) is 0 Å². The molecule has 1 heterocycles. The molecule has 0 unspecified atom stereocenters. The normalized spacial score (nSPS) is 22.6. The van der Waals surface area contributed by atoms with Gasteiger partial charge in [0.15, 0.2) is 0 Å². The first-order valence-corrected chi connectivity index (χ1v) is 7.66. The summed E-state index contributed by atoms with van der Waals surface area (Å²) in [5, 5.41) is 20.2. The first-order chi connectivity index (χ1) is 11.0. The molecule has 0 radical (unpaired) electrons. The topological polar surface area (TPSA) is 87.7 Å². The van der Waals surface area contributed by atoms with Gasteiger partial charge in [0.05, 0.1) is 12.2 Å². The molecule has 2 N–H and O–H groups in total. The van der Waals surface area contributed by atoms with E-state index in [9.17, 15) is 19.8 Å². The molecule has 0 spiro atoms. The molecule has 2 aromatic rings. The van der Waals surface area contributed by atoms with Crippen LogP contribution in [-0.4, -0.2) is 28.4 Å². The van der Waals surface area contributed by atoms with Crippen LogP contribution >= 0.6 is 0 Å². The molecule has 118 valence electrons. The average molecular weight is 312 g/mol. The number of aryl methyl sites for hydroxylation is 1. The van der Waals surface area contributed by atoms with Gasteiger partial charge in [0.25, 0.3) is 0 Å². The number of hydrogen-bond acceptors (Lipinski definition) is 5. The van der Waals surface area contributed by atoms with Gasteiger partial charge in [0.2, 0.25) is 11.6 Å². The van der Waals surface area contributed by atoms with Crippen molar-refractivity contribution in [2.75, 3.05) is 6.61 Å². The fraction of sp³-hybridized carbons (Fsp3) is 0.333. The maximum absolute atomic E-state index is 12.6. The van der Waals surface area contributed by atoms with E-state index in [2.05, 4.69) is 0 Å². The Kier molecular flexibility index (Phi) is 2.89. The summed E-state index contributed by atoms with van der Waals surface area (Å²) in [5.41, 5.74) is 1.06. The Labute approximate surface area is 132 Å². The number of rotatable bonds is 1. The van der Waals surface area contributed by atoms with Gasteiger partial charge in [-0.05, 0) is 43.4 Å². The van der Waals surface area contributed by atoms with E-state index < -0.39 is 23.8 Å². The number of fused-ring (bicyclic) bond motifs is 5. The van der Waals surface area contributed by atoms with Gasteiger partial charge in [-0.25, -0.2) is 0 Å². The Hall–Kier alpha value is -2.24. The van der Waals surface area contributed by atoms with Crippen LogP contribution in [0.1, 0.15) is 50.4 Å². The molecule has 1 atom stereocenters. The second-order valence-electron chi connectivity index (χ2n) is 6.32. The molecule has 0 bridgehead atoms. The summed E-state index contributed by atoms with van der Waals surface area (Å²) in [6, 6.07) is 5.02. The zero-order chi connectivity index (χ0) is 16.4. The molecule has 2 aliphatic rings. The van der Waals surface area contributed by atoms with E-state index in [1.54, 1.807) is 25.1 Å². The summed E-state index contributed by atoms with van der Waals surface area (Å²) in [5.74, 6) is -0.139. The fourth-order valence-electron chi connectivity index (χ4n) is 3.77. The second kappa shape index (κ2) is 4.63. The van der Waals surface area contributed by atoms with E-state index in [4.69, 9.17) is 4.42 Å². The lowest BCUT2D eigenvalue weighted by Gasteiger charge is -2.34. The van der Waals surface area contributed by atoms with Crippen LogP contribution in [0.2, 0.25) is 0 Å². The molecule has 0 saturated heterocycles. The molecule has 23 heavy (non-hydrogen) atoms. The number of hydrogen-bond donors (Lipinski definition) is 2. The average Bonchev–Trinajstić information content (AvgIpc) is 2.94. The summed E-state index contributed by atoms with van der Waals surface area (Å²) in [6.45, 7) is 1.32. The van der Waals surface area contributed by atoms with E-state index in [-0.39, 0.29) is 0 Å². The maximum atomic E-state index is 12.6. The first-order valence-electron chi connectivity index (χ1n) is 7.66. The highest BCUT2D eigenvalue weighted by molar-refractivity contribution is 6.53. The van der Waals surface area contributed by atoms with Crippen LogP contribution in [0.4, 0.5) is 0 Å². The molecule has 5 nitrogen and oxygen atoms in total. The van der Waals surface area contributed by atoms with Crippen LogP contribution in [0.25, 0.3) is 11.3 Å². The zero-order valence-corrected chi connectivity index (χ0v) is 12.7. The van der Waals surface area contributed by atoms with Gasteiger partial charge in [-0.3, -0.25) is 9.59 Å². The Morgan fingerprint density at radius 3 is 2.74 bits per heavy atom. The van der Waals surface area contributed by atoms with Crippen LogP contribution in [-0.2, 0) is 12.0 Å². The Morgan fingerprint density at radius 1 is 1.22 bits per heavy atom. The highest BCUT2D eigenvalue weighted by atomic mass is 16.3. The van der Waals surface area contributed by atoms with E-state index in [1.165, 1.54) is 0 Å². The maximum Gasteiger partial charge on any atom is 0.237 e. The Balaban J connectivity index is 2.04. The minimum atomic E-state index is -1.36. The lowest BCUT2D eigenvalue weighted by atomic mass is 9.74. The smallest absolute Gasteiger partial charge is 0.237 e. The monoisotopic (exact) mass is 312 g/mol. The van der Waals surface area contributed by atoms with Crippen molar-refractivity contribution in [2.24, 2.45) is 0 Å². The van der Waals surface area contributed by atoms with Crippen LogP contribution in [0.15, 0.2) is 22.6 Å². The quantitative estimate of drug-likeness (QED) is 0.788. The van der Waals surface area contributed by atoms with Gasteiger partial charge >= 0.3 is 0 Å². The number of Topliss-reactive ketones (excluding diaryl/α,β-unsaturated/α-hetero) is 2. The summed E-state index contributed by atoms with van der Waals surface area (Å²) in [7, 11) is 0. The summed E-state index contributed by atoms with van der Waals surface area (Å²) in [6.07, 6.45) is 1.67. The van der Waals surface area contributed by atoms with Gasteiger partial charge in [-0.1, -0.05) is 12.1 Å². The lowest BCUT2D eigenvalue weighted by molar-refractivity contribution is -0.0327. The zero-order valence-electron chi connectivity index (χ0n) is 12.7. The minimum absolute atomic E-state index is 0.299. The van der Waals surface area contributed by atoms with Crippen molar-refractivity contribution in [2.45, 2.75) is 31.8 Å². The van der Waals surface area contributed by atoms with Crippen molar-refractivity contribution in [1.82, 2.24) is 0 Å². The molecule has 0 aliphatic heterocycles. The Bertz CT molecular complexity index is 861.